The van der Waals surface area contributed by atoms with Crippen LogP contribution in [0, 0.1) is 4.77 Å². The summed E-state index contributed by atoms with van der Waals surface area (Å²) in [4.78, 5) is 0. The van der Waals surface area contributed by atoms with Gasteiger partial charge in [-0.15, -0.1) is 0 Å². The van der Waals surface area contributed by atoms with Gasteiger partial charge in [-0.25, -0.2) is 0 Å². The molecule has 1 aromatic heterocycles. The predicted molar refractivity (Wildman–Crippen MR) is 85.2 cm³/mol. The SMILES string of the molecule is COc1ccc(Br)cc1/C=N\n1c(C(C)C)n[nH]c1=S. The maximum absolute atomic E-state index is 5.31. The Labute approximate surface area is 130 Å². The van der Waals surface area contributed by atoms with E-state index in [0.717, 1.165) is 21.6 Å². The second-order valence-corrected chi connectivity index (χ2v) is 5.79. The Kier molecular flexibility index (Phi) is 4.72. The number of hydrogen-bond donors (Lipinski definition) is 1. The minimum absolute atomic E-state index is 0.226. The van der Waals surface area contributed by atoms with Crippen molar-refractivity contribution < 1.29 is 4.74 Å². The van der Waals surface area contributed by atoms with Crippen LogP contribution in [0.1, 0.15) is 31.2 Å². The zero-order valence-corrected chi connectivity index (χ0v) is 13.8. The van der Waals surface area contributed by atoms with Crippen molar-refractivity contribution in [2.24, 2.45) is 5.10 Å². The van der Waals surface area contributed by atoms with Gasteiger partial charge in [0.05, 0.1) is 13.3 Å². The number of nitrogens with zero attached hydrogens (tertiary/aromatic N) is 3. The van der Waals surface area contributed by atoms with E-state index in [1.165, 1.54) is 0 Å². The van der Waals surface area contributed by atoms with Crippen LogP contribution in [0.4, 0.5) is 0 Å². The van der Waals surface area contributed by atoms with Crippen LogP contribution in [0.5, 0.6) is 5.75 Å². The summed E-state index contributed by atoms with van der Waals surface area (Å²) in [6.07, 6.45) is 1.71. The van der Waals surface area contributed by atoms with E-state index in [4.69, 9.17) is 17.0 Å². The molecular weight excluding hydrogens is 340 g/mol. The summed E-state index contributed by atoms with van der Waals surface area (Å²) in [5.74, 6) is 1.77. The summed E-state index contributed by atoms with van der Waals surface area (Å²) < 4.78 is 8.36. The molecule has 2 rings (SSSR count). The van der Waals surface area contributed by atoms with Gasteiger partial charge in [0.25, 0.3) is 0 Å². The Morgan fingerprint density at radius 2 is 2.25 bits per heavy atom. The Balaban J connectivity index is 2.42. The molecule has 0 saturated heterocycles. The number of ether oxygens (including phenoxy) is 1. The quantitative estimate of drug-likeness (QED) is 0.672. The highest BCUT2D eigenvalue weighted by molar-refractivity contribution is 9.10. The van der Waals surface area contributed by atoms with Crippen LogP contribution in [-0.4, -0.2) is 28.2 Å². The molecule has 1 aromatic carbocycles. The molecule has 20 heavy (non-hydrogen) atoms. The molecule has 0 bridgehead atoms. The van der Waals surface area contributed by atoms with E-state index in [1.807, 2.05) is 32.0 Å². The summed E-state index contributed by atoms with van der Waals surface area (Å²) in [6.45, 7) is 4.08. The van der Waals surface area contributed by atoms with Crippen LogP contribution in [0.3, 0.4) is 0 Å². The number of benzene rings is 1. The summed E-state index contributed by atoms with van der Waals surface area (Å²) in [6, 6.07) is 5.73. The summed E-state index contributed by atoms with van der Waals surface area (Å²) in [7, 11) is 1.63. The fourth-order valence-electron chi connectivity index (χ4n) is 1.72. The van der Waals surface area contributed by atoms with E-state index in [1.54, 1.807) is 18.0 Å². The molecule has 0 aliphatic heterocycles. The van der Waals surface area contributed by atoms with Crippen LogP contribution < -0.4 is 4.74 Å². The molecule has 0 spiro atoms. The van der Waals surface area contributed by atoms with Crippen molar-refractivity contribution in [2.45, 2.75) is 19.8 Å². The molecule has 1 heterocycles. The molecule has 0 saturated carbocycles. The van der Waals surface area contributed by atoms with E-state index < -0.39 is 0 Å². The number of aromatic amines is 1. The predicted octanol–water partition coefficient (Wildman–Crippen LogP) is 3.72. The van der Waals surface area contributed by atoms with Crippen molar-refractivity contribution in [1.29, 1.82) is 0 Å². The third-order valence-corrected chi connectivity index (χ3v) is 3.45. The van der Waals surface area contributed by atoms with E-state index in [9.17, 15) is 0 Å². The fourth-order valence-corrected chi connectivity index (χ4v) is 2.28. The first-order valence-electron chi connectivity index (χ1n) is 6.08. The lowest BCUT2D eigenvalue weighted by atomic mass is 10.2. The number of nitrogens with one attached hydrogen (secondary N) is 1. The monoisotopic (exact) mass is 354 g/mol. The van der Waals surface area contributed by atoms with E-state index in [-0.39, 0.29) is 5.92 Å². The molecule has 0 atom stereocenters. The number of halogens is 1. The van der Waals surface area contributed by atoms with Gasteiger partial charge in [-0.1, -0.05) is 29.8 Å². The number of rotatable bonds is 4. The summed E-state index contributed by atoms with van der Waals surface area (Å²) >= 11 is 8.62. The standard InChI is InChI=1S/C13H15BrN4OS/c1-8(2)12-16-17-13(20)18(12)15-7-9-6-10(14)4-5-11(9)19-3/h4-8H,1-3H3,(H,17,20)/b15-7-. The second-order valence-electron chi connectivity index (χ2n) is 4.48. The minimum atomic E-state index is 0.226. The zero-order valence-electron chi connectivity index (χ0n) is 11.4. The van der Waals surface area contributed by atoms with Gasteiger partial charge in [0.2, 0.25) is 4.77 Å². The van der Waals surface area contributed by atoms with Crippen LogP contribution in [0.25, 0.3) is 0 Å². The highest BCUT2D eigenvalue weighted by Gasteiger charge is 2.09. The van der Waals surface area contributed by atoms with E-state index in [0.29, 0.717) is 4.77 Å². The fraction of sp³-hybridized carbons (Fsp3) is 0.308. The van der Waals surface area contributed by atoms with Crippen molar-refractivity contribution in [3.63, 3.8) is 0 Å². The van der Waals surface area contributed by atoms with Crippen LogP contribution in [-0.2, 0) is 0 Å². The van der Waals surface area contributed by atoms with E-state index in [2.05, 4.69) is 31.2 Å². The van der Waals surface area contributed by atoms with Gasteiger partial charge < -0.3 is 4.74 Å². The molecule has 0 aliphatic carbocycles. The number of H-pyrrole nitrogens is 1. The molecule has 2 aromatic rings. The van der Waals surface area contributed by atoms with Gasteiger partial charge in [0.15, 0.2) is 5.82 Å². The molecule has 5 nitrogen and oxygen atoms in total. The topological polar surface area (TPSA) is 55.2 Å². The summed E-state index contributed by atoms with van der Waals surface area (Å²) in [5.41, 5.74) is 0.861. The van der Waals surface area contributed by atoms with Crippen LogP contribution in [0.15, 0.2) is 27.8 Å². The number of aromatic nitrogens is 3. The first kappa shape index (κ1) is 14.9. The number of hydrogen-bond acceptors (Lipinski definition) is 4. The Morgan fingerprint density at radius 3 is 2.90 bits per heavy atom. The average molecular weight is 355 g/mol. The second kappa shape index (κ2) is 6.32. The molecule has 106 valence electrons. The van der Waals surface area contributed by atoms with Gasteiger partial charge >= 0.3 is 0 Å². The molecule has 0 fully saturated rings. The van der Waals surface area contributed by atoms with Gasteiger partial charge in [-0.2, -0.15) is 14.9 Å². The summed E-state index contributed by atoms with van der Waals surface area (Å²) in [5, 5.41) is 11.3. The highest BCUT2D eigenvalue weighted by atomic mass is 79.9. The molecule has 0 unspecified atom stereocenters. The Bertz CT molecular complexity index is 690. The van der Waals surface area contributed by atoms with Crippen molar-refractivity contribution in [2.75, 3.05) is 7.11 Å². The smallest absolute Gasteiger partial charge is 0.216 e. The maximum atomic E-state index is 5.31. The molecular formula is C13H15BrN4OS. The average Bonchev–Trinajstić information content (AvgIpc) is 2.78. The third-order valence-electron chi connectivity index (χ3n) is 2.70. The van der Waals surface area contributed by atoms with Crippen molar-refractivity contribution in [3.05, 3.63) is 38.8 Å². The molecule has 0 amide bonds. The molecule has 1 N–H and O–H groups in total. The highest BCUT2D eigenvalue weighted by Crippen LogP contribution is 2.21. The lowest BCUT2D eigenvalue weighted by molar-refractivity contribution is 0.414. The molecule has 0 aliphatic rings. The minimum Gasteiger partial charge on any atom is -0.496 e. The Hall–Kier alpha value is -1.47. The van der Waals surface area contributed by atoms with Gasteiger partial charge in [-0.05, 0) is 30.4 Å². The van der Waals surface area contributed by atoms with E-state index >= 15 is 0 Å². The first-order valence-corrected chi connectivity index (χ1v) is 7.28. The zero-order chi connectivity index (χ0) is 14.7. The van der Waals surface area contributed by atoms with Crippen molar-refractivity contribution >= 4 is 34.4 Å². The first-order chi connectivity index (χ1) is 9.52. The largest absolute Gasteiger partial charge is 0.496 e. The van der Waals surface area contributed by atoms with Crippen molar-refractivity contribution in [3.8, 4) is 5.75 Å². The van der Waals surface area contributed by atoms with Crippen molar-refractivity contribution in [1.82, 2.24) is 14.9 Å². The third kappa shape index (κ3) is 3.16. The van der Waals surface area contributed by atoms with Gasteiger partial charge in [-0.3, -0.25) is 5.10 Å². The lowest BCUT2D eigenvalue weighted by Gasteiger charge is -2.06. The lowest BCUT2D eigenvalue weighted by Crippen LogP contribution is -2.01. The Morgan fingerprint density at radius 1 is 1.50 bits per heavy atom. The van der Waals surface area contributed by atoms with Crippen LogP contribution >= 0.6 is 28.1 Å². The molecule has 7 heteroatoms. The van der Waals surface area contributed by atoms with Gasteiger partial charge in [0, 0.05) is 16.0 Å². The maximum Gasteiger partial charge on any atom is 0.216 e. The van der Waals surface area contributed by atoms with Crippen LogP contribution in [0.2, 0.25) is 0 Å². The normalized spacial score (nSPS) is 11.4. The number of methoxy groups -OCH3 is 1. The van der Waals surface area contributed by atoms with Gasteiger partial charge in [0.1, 0.15) is 5.75 Å². The molecule has 0 radical (unpaired) electrons.